The summed E-state index contributed by atoms with van der Waals surface area (Å²) in [5, 5.41) is 0. The Hall–Kier alpha value is -5.29. The lowest BCUT2D eigenvalue weighted by molar-refractivity contribution is 0.0979. The normalized spacial score (nSPS) is 12.0. The van der Waals surface area contributed by atoms with Crippen molar-refractivity contribution in [3.63, 3.8) is 0 Å². The van der Waals surface area contributed by atoms with E-state index in [0.29, 0.717) is 16.8 Å². The molecule has 5 aromatic carbocycles. The van der Waals surface area contributed by atoms with Gasteiger partial charge in [-0.05, 0) is 37.3 Å². The molecule has 6 rings (SSSR count). The Bertz CT molecular complexity index is 1760. The van der Waals surface area contributed by atoms with Gasteiger partial charge in [-0.15, -0.1) is 0 Å². The third-order valence-corrected chi connectivity index (χ3v) is 7.05. The number of nitrogens with two attached hydrogens (primary N) is 1. The van der Waals surface area contributed by atoms with Gasteiger partial charge in [-0.2, -0.15) is 0 Å². The Labute approximate surface area is 226 Å². The van der Waals surface area contributed by atoms with Gasteiger partial charge in [-0.3, -0.25) is 14.4 Å². The molecule has 39 heavy (non-hydrogen) atoms. The third kappa shape index (κ3) is 4.01. The fourth-order valence-corrected chi connectivity index (χ4v) is 5.11. The highest BCUT2D eigenvalue weighted by atomic mass is 16.1. The van der Waals surface area contributed by atoms with E-state index in [4.69, 9.17) is 5.73 Å². The Balaban J connectivity index is 1.70. The van der Waals surface area contributed by atoms with Crippen LogP contribution in [0.3, 0.4) is 0 Å². The van der Waals surface area contributed by atoms with Gasteiger partial charge < -0.3 is 10.6 Å². The van der Waals surface area contributed by atoms with Gasteiger partial charge in [0.25, 0.3) is 0 Å². The number of ketones is 3. The molecule has 5 nitrogen and oxygen atoms in total. The number of anilines is 4. The zero-order valence-electron chi connectivity index (χ0n) is 21.2. The average Bonchev–Trinajstić information content (AvgIpc) is 2.98. The Kier molecular flexibility index (Phi) is 5.89. The quantitative estimate of drug-likeness (QED) is 0.199. The molecule has 0 aliphatic heterocycles. The van der Waals surface area contributed by atoms with E-state index >= 15 is 0 Å². The monoisotopic (exact) mass is 508 g/mol. The number of rotatable bonds is 5. The maximum absolute atomic E-state index is 14.1. The van der Waals surface area contributed by atoms with Gasteiger partial charge in [0.15, 0.2) is 17.3 Å². The summed E-state index contributed by atoms with van der Waals surface area (Å²) < 4.78 is 0. The minimum Gasteiger partial charge on any atom is -0.398 e. The summed E-state index contributed by atoms with van der Waals surface area (Å²) in [6, 6.07) is 34.6. The molecule has 5 heteroatoms. The lowest BCUT2D eigenvalue weighted by Gasteiger charge is -2.31. The molecule has 0 aromatic heterocycles. The van der Waals surface area contributed by atoms with Crippen molar-refractivity contribution >= 4 is 40.1 Å². The zero-order chi connectivity index (χ0) is 27.1. The molecule has 0 atom stereocenters. The fourth-order valence-electron chi connectivity index (χ4n) is 5.11. The molecule has 0 bridgehead atoms. The molecule has 1 aliphatic rings. The van der Waals surface area contributed by atoms with E-state index in [1.165, 1.54) is 0 Å². The van der Waals surface area contributed by atoms with E-state index in [1.807, 2.05) is 72.5 Å². The third-order valence-electron chi connectivity index (χ3n) is 7.05. The predicted molar refractivity (Wildman–Crippen MR) is 153 cm³/mol. The van der Waals surface area contributed by atoms with Crippen molar-refractivity contribution in [1.29, 1.82) is 0 Å². The fraction of sp³-hybridized carbons (Fsp3) is 0.0294. The van der Waals surface area contributed by atoms with Crippen molar-refractivity contribution in [2.45, 2.75) is 6.92 Å². The lowest BCUT2D eigenvalue weighted by Crippen LogP contribution is -2.27. The maximum atomic E-state index is 14.1. The molecule has 0 spiro atoms. The largest absolute Gasteiger partial charge is 0.398 e. The second kappa shape index (κ2) is 9.54. The highest BCUT2D eigenvalue weighted by Crippen LogP contribution is 2.44. The van der Waals surface area contributed by atoms with Crippen molar-refractivity contribution < 1.29 is 14.4 Å². The second-order valence-electron chi connectivity index (χ2n) is 9.51. The van der Waals surface area contributed by atoms with Gasteiger partial charge in [-0.1, -0.05) is 90.5 Å². The van der Waals surface area contributed by atoms with E-state index in [9.17, 15) is 14.4 Å². The molecule has 0 saturated heterocycles. The van der Waals surface area contributed by atoms with Crippen LogP contribution in [0.4, 0.5) is 22.7 Å². The minimum atomic E-state index is -0.376. The molecule has 2 N–H and O–H groups in total. The first-order valence-electron chi connectivity index (χ1n) is 12.6. The Morgan fingerprint density at radius 1 is 0.641 bits per heavy atom. The second-order valence-corrected chi connectivity index (χ2v) is 9.51. The molecule has 188 valence electrons. The van der Waals surface area contributed by atoms with E-state index in [0.717, 1.165) is 16.9 Å². The highest BCUT2D eigenvalue weighted by Gasteiger charge is 2.37. The van der Waals surface area contributed by atoms with Crippen LogP contribution in [0.25, 0.3) is 0 Å². The van der Waals surface area contributed by atoms with Crippen molar-refractivity contribution in [2.24, 2.45) is 0 Å². The summed E-state index contributed by atoms with van der Waals surface area (Å²) in [5.41, 5.74) is 11.1. The first-order valence-corrected chi connectivity index (χ1v) is 12.6. The lowest BCUT2D eigenvalue weighted by atomic mass is 9.80. The van der Waals surface area contributed by atoms with Crippen LogP contribution in [0.15, 0.2) is 115 Å². The molecular formula is C34H24N2O3. The minimum absolute atomic E-state index is 0.00683. The molecule has 0 unspecified atom stereocenters. The Morgan fingerprint density at radius 3 is 1.77 bits per heavy atom. The van der Waals surface area contributed by atoms with E-state index in [2.05, 4.69) is 0 Å². The van der Waals surface area contributed by atoms with Crippen molar-refractivity contribution in [3.8, 4) is 0 Å². The molecule has 1 aliphatic carbocycles. The number of hydrogen-bond donors (Lipinski definition) is 1. The van der Waals surface area contributed by atoms with Crippen LogP contribution < -0.4 is 10.6 Å². The number of benzene rings is 5. The molecule has 0 amide bonds. The summed E-state index contributed by atoms with van der Waals surface area (Å²) in [4.78, 5) is 43.7. The van der Waals surface area contributed by atoms with Gasteiger partial charge >= 0.3 is 0 Å². The SMILES string of the molecule is Cc1ccc(N(c2ccccc2)c2cc(C(=O)c3ccccc3)c(N)c3c2C(=O)c2ccccc2C3=O)cc1. The molecule has 0 fully saturated rings. The van der Waals surface area contributed by atoms with E-state index in [1.54, 1.807) is 54.6 Å². The zero-order valence-corrected chi connectivity index (χ0v) is 21.2. The summed E-state index contributed by atoms with van der Waals surface area (Å²) in [6.45, 7) is 2.00. The van der Waals surface area contributed by atoms with E-state index < -0.39 is 0 Å². The summed E-state index contributed by atoms with van der Waals surface area (Å²) >= 11 is 0. The van der Waals surface area contributed by atoms with Crippen LogP contribution in [0, 0.1) is 6.92 Å². The van der Waals surface area contributed by atoms with Crippen LogP contribution in [-0.2, 0) is 0 Å². The Morgan fingerprint density at radius 2 is 1.15 bits per heavy atom. The number of carbonyl (C=O) groups excluding carboxylic acids is 3. The topological polar surface area (TPSA) is 80.5 Å². The summed E-state index contributed by atoms with van der Waals surface area (Å²) in [5.74, 6) is -1.01. The van der Waals surface area contributed by atoms with Gasteiger partial charge in [0.1, 0.15) is 0 Å². The predicted octanol–water partition coefficient (Wildman–Crippen LogP) is 7.05. The summed E-state index contributed by atoms with van der Waals surface area (Å²) in [6.07, 6.45) is 0. The number of fused-ring (bicyclic) bond motifs is 2. The number of nitrogen functional groups attached to an aromatic ring is 1. The van der Waals surface area contributed by atoms with Crippen LogP contribution in [0.1, 0.15) is 53.3 Å². The number of para-hydroxylation sites is 1. The first kappa shape index (κ1) is 24.1. The number of aryl methyl sites for hydroxylation is 1. The van der Waals surface area contributed by atoms with Gasteiger partial charge in [0.05, 0.1) is 22.5 Å². The average molecular weight is 509 g/mol. The van der Waals surface area contributed by atoms with Crippen LogP contribution in [-0.4, -0.2) is 17.3 Å². The smallest absolute Gasteiger partial charge is 0.196 e. The highest BCUT2D eigenvalue weighted by molar-refractivity contribution is 6.33. The van der Waals surface area contributed by atoms with Gasteiger partial charge in [0.2, 0.25) is 0 Å². The molecule has 5 aromatic rings. The molecule has 0 heterocycles. The van der Waals surface area contributed by atoms with Crippen LogP contribution >= 0.6 is 0 Å². The van der Waals surface area contributed by atoms with Crippen molar-refractivity contribution in [1.82, 2.24) is 0 Å². The number of hydrogen-bond acceptors (Lipinski definition) is 5. The van der Waals surface area contributed by atoms with Gasteiger partial charge in [-0.25, -0.2) is 0 Å². The molecule has 0 radical (unpaired) electrons. The first-order chi connectivity index (χ1) is 19.0. The standard InChI is InChI=1S/C34H24N2O3/c1-21-16-18-24(19-17-21)36(23-12-6-3-7-13-23)28-20-27(32(37)22-10-4-2-5-11-22)31(35)30-29(28)33(38)25-14-8-9-15-26(25)34(30)39/h2-20H,35H2,1H3. The van der Waals surface area contributed by atoms with E-state index in [-0.39, 0.29) is 45.3 Å². The van der Waals surface area contributed by atoms with Crippen LogP contribution in [0.2, 0.25) is 0 Å². The van der Waals surface area contributed by atoms with Gasteiger partial charge in [0, 0.05) is 33.6 Å². The molecular weight excluding hydrogens is 484 g/mol. The summed E-state index contributed by atoms with van der Waals surface area (Å²) in [7, 11) is 0. The maximum Gasteiger partial charge on any atom is 0.196 e. The molecule has 0 saturated carbocycles. The van der Waals surface area contributed by atoms with Crippen molar-refractivity contribution in [2.75, 3.05) is 10.6 Å². The van der Waals surface area contributed by atoms with Crippen molar-refractivity contribution in [3.05, 3.63) is 154 Å². The number of nitrogens with zero attached hydrogens (tertiary/aromatic N) is 1. The van der Waals surface area contributed by atoms with Crippen LogP contribution in [0.5, 0.6) is 0 Å². The number of carbonyl (C=O) groups is 3.